The maximum absolute atomic E-state index is 12.7. The monoisotopic (exact) mass is 415 g/mol. The van der Waals surface area contributed by atoms with Crippen LogP contribution in [0, 0.1) is 0 Å². The van der Waals surface area contributed by atoms with Crippen molar-refractivity contribution in [2.24, 2.45) is 0 Å². The van der Waals surface area contributed by atoms with Gasteiger partial charge in [0, 0.05) is 28.5 Å². The summed E-state index contributed by atoms with van der Waals surface area (Å²) >= 11 is 0. The third-order valence-electron chi connectivity index (χ3n) is 5.93. The lowest BCUT2D eigenvalue weighted by Gasteiger charge is -2.29. The number of rotatable bonds is 4. The van der Waals surface area contributed by atoms with Gasteiger partial charge in [-0.3, -0.25) is 9.59 Å². The smallest absolute Gasteiger partial charge is 0.272 e. The Morgan fingerprint density at radius 1 is 0.935 bits per heavy atom. The Kier molecular flexibility index (Phi) is 4.99. The van der Waals surface area contributed by atoms with Crippen LogP contribution in [0.25, 0.3) is 22.2 Å². The summed E-state index contributed by atoms with van der Waals surface area (Å²) in [5.74, 6) is 0.675. The first-order valence-electron chi connectivity index (χ1n) is 10.3. The highest BCUT2D eigenvalue weighted by Crippen LogP contribution is 2.34. The summed E-state index contributed by atoms with van der Waals surface area (Å²) < 4.78 is 0. The van der Waals surface area contributed by atoms with Crippen molar-refractivity contribution in [2.75, 3.05) is 0 Å². The first-order valence-corrected chi connectivity index (χ1v) is 10.3. The average Bonchev–Trinajstić information content (AvgIpc) is 3.35. The van der Waals surface area contributed by atoms with Crippen molar-refractivity contribution in [1.29, 1.82) is 0 Å². The van der Waals surface area contributed by atoms with Crippen LogP contribution in [0.2, 0.25) is 0 Å². The number of amides is 1. The number of benzene rings is 2. The number of nitrogens with zero attached hydrogens (tertiary/aromatic N) is 4. The Bertz CT molecular complexity index is 1260. The third kappa shape index (κ3) is 3.81. The van der Waals surface area contributed by atoms with Gasteiger partial charge in [-0.1, -0.05) is 30.3 Å². The molecule has 2 aromatic carbocycles. The van der Waals surface area contributed by atoms with E-state index in [-0.39, 0.29) is 23.4 Å². The van der Waals surface area contributed by atoms with Crippen LogP contribution in [-0.2, 0) is 0 Å². The molecule has 9 heteroatoms. The number of hydrogen-bond acceptors (Lipinski definition) is 6. The molecule has 31 heavy (non-hydrogen) atoms. The van der Waals surface area contributed by atoms with E-state index in [0.717, 1.165) is 42.3 Å². The topological polar surface area (TPSA) is 129 Å². The van der Waals surface area contributed by atoms with E-state index in [1.54, 1.807) is 12.1 Å². The maximum atomic E-state index is 12.7. The number of tetrazole rings is 1. The second-order valence-electron chi connectivity index (χ2n) is 7.82. The van der Waals surface area contributed by atoms with E-state index in [1.807, 2.05) is 36.4 Å². The SMILES string of the molecule is O=C(N[C@H]1CC[C@H](c2n[nH]c(=O)c3ccccc32)CC1)c1ccc(-c2nn[nH]n2)cc1. The van der Waals surface area contributed by atoms with Gasteiger partial charge in [-0.05, 0) is 49.1 Å². The van der Waals surface area contributed by atoms with E-state index >= 15 is 0 Å². The summed E-state index contributed by atoms with van der Waals surface area (Å²) in [6.45, 7) is 0. The molecule has 2 aromatic heterocycles. The lowest BCUT2D eigenvalue weighted by molar-refractivity contribution is 0.0925. The number of fused-ring (bicyclic) bond motifs is 1. The van der Waals surface area contributed by atoms with Crippen LogP contribution < -0.4 is 10.9 Å². The van der Waals surface area contributed by atoms with Gasteiger partial charge in [-0.2, -0.15) is 10.3 Å². The molecule has 1 aliphatic rings. The van der Waals surface area contributed by atoms with Crippen molar-refractivity contribution < 1.29 is 4.79 Å². The van der Waals surface area contributed by atoms with Crippen molar-refractivity contribution in [1.82, 2.24) is 36.1 Å². The van der Waals surface area contributed by atoms with Crippen LogP contribution in [0.15, 0.2) is 53.3 Å². The molecule has 9 nitrogen and oxygen atoms in total. The molecule has 5 rings (SSSR count). The maximum Gasteiger partial charge on any atom is 0.272 e. The van der Waals surface area contributed by atoms with E-state index in [1.165, 1.54) is 0 Å². The third-order valence-corrected chi connectivity index (χ3v) is 5.93. The molecule has 0 bridgehead atoms. The van der Waals surface area contributed by atoms with Crippen LogP contribution in [0.5, 0.6) is 0 Å². The molecule has 0 saturated heterocycles. The summed E-state index contributed by atoms with van der Waals surface area (Å²) in [7, 11) is 0. The fraction of sp³-hybridized carbons (Fsp3) is 0.273. The van der Waals surface area contributed by atoms with Gasteiger partial charge in [0.15, 0.2) is 0 Å². The summed E-state index contributed by atoms with van der Waals surface area (Å²) in [4.78, 5) is 24.7. The van der Waals surface area contributed by atoms with Gasteiger partial charge in [0.05, 0.1) is 11.1 Å². The molecule has 0 spiro atoms. The highest BCUT2D eigenvalue weighted by molar-refractivity contribution is 5.94. The Hall–Kier alpha value is -3.88. The van der Waals surface area contributed by atoms with Crippen LogP contribution in [-0.4, -0.2) is 42.8 Å². The quantitative estimate of drug-likeness (QED) is 0.470. The average molecular weight is 415 g/mol. The molecular formula is C22H21N7O2. The van der Waals surface area contributed by atoms with E-state index < -0.39 is 0 Å². The Morgan fingerprint density at radius 3 is 2.39 bits per heavy atom. The fourth-order valence-corrected chi connectivity index (χ4v) is 4.28. The van der Waals surface area contributed by atoms with Crippen molar-refractivity contribution >= 4 is 16.7 Å². The minimum atomic E-state index is -0.161. The van der Waals surface area contributed by atoms with Gasteiger partial charge in [0.25, 0.3) is 11.5 Å². The second-order valence-corrected chi connectivity index (χ2v) is 7.82. The number of aromatic amines is 2. The second kappa shape index (κ2) is 8.10. The Balaban J connectivity index is 1.23. The van der Waals surface area contributed by atoms with Gasteiger partial charge in [-0.15, -0.1) is 10.2 Å². The predicted molar refractivity (Wildman–Crippen MR) is 114 cm³/mol. The highest BCUT2D eigenvalue weighted by atomic mass is 16.1. The number of carbonyl (C=O) groups excluding carboxylic acids is 1. The van der Waals surface area contributed by atoms with Crippen LogP contribution in [0.4, 0.5) is 0 Å². The zero-order valence-corrected chi connectivity index (χ0v) is 16.7. The molecule has 2 heterocycles. The molecule has 0 unspecified atom stereocenters. The summed E-state index contributed by atoms with van der Waals surface area (Å²) in [5.41, 5.74) is 2.18. The van der Waals surface area contributed by atoms with E-state index in [9.17, 15) is 9.59 Å². The summed E-state index contributed by atoms with van der Waals surface area (Å²) in [6, 6.07) is 14.9. The van der Waals surface area contributed by atoms with E-state index in [2.05, 4.69) is 36.1 Å². The molecule has 1 amide bonds. The lowest BCUT2D eigenvalue weighted by Crippen LogP contribution is -2.37. The highest BCUT2D eigenvalue weighted by Gasteiger charge is 2.26. The van der Waals surface area contributed by atoms with Gasteiger partial charge in [0.1, 0.15) is 0 Å². The van der Waals surface area contributed by atoms with Gasteiger partial charge in [-0.25, -0.2) is 5.10 Å². The van der Waals surface area contributed by atoms with Gasteiger partial charge < -0.3 is 5.32 Å². The molecule has 1 aliphatic carbocycles. The number of H-pyrrole nitrogens is 2. The lowest BCUT2D eigenvalue weighted by atomic mass is 9.82. The van der Waals surface area contributed by atoms with Crippen LogP contribution >= 0.6 is 0 Å². The normalized spacial score (nSPS) is 18.7. The number of hydrogen-bond donors (Lipinski definition) is 3. The zero-order chi connectivity index (χ0) is 21.2. The van der Waals surface area contributed by atoms with E-state index in [0.29, 0.717) is 16.8 Å². The molecule has 1 saturated carbocycles. The molecule has 0 atom stereocenters. The summed E-state index contributed by atoms with van der Waals surface area (Å²) in [6.07, 6.45) is 3.55. The van der Waals surface area contributed by atoms with Crippen molar-refractivity contribution in [2.45, 2.75) is 37.6 Å². The van der Waals surface area contributed by atoms with Crippen molar-refractivity contribution in [3.63, 3.8) is 0 Å². The van der Waals surface area contributed by atoms with E-state index in [4.69, 9.17) is 0 Å². The van der Waals surface area contributed by atoms with Gasteiger partial charge >= 0.3 is 0 Å². The van der Waals surface area contributed by atoms with Crippen LogP contribution in [0.1, 0.15) is 47.7 Å². The number of aromatic nitrogens is 6. The fourth-order valence-electron chi connectivity index (χ4n) is 4.28. The van der Waals surface area contributed by atoms with Crippen molar-refractivity contribution in [3.05, 3.63) is 70.1 Å². The first kappa shape index (κ1) is 19.1. The molecule has 1 fully saturated rings. The standard InChI is InChI=1S/C22H21N7O2/c30-21(15-7-5-14(6-8-15)20-25-28-29-26-20)23-16-11-9-13(10-12-16)19-17-3-1-2-4-18(17)22(31)27-24-19/h1-8,13,16H,9-12H2,(H,23,30)(H,27,31)(H,25,26,28,29)/t13-,16-. The molecule has 0 aliphatic heterocycles. The minimum absolute atomic E-state index is 0.0873. The molecule has 156 valence electrons. The Labute approximate surface area is 177 Å². The number of carbonyl (C=O) groups is 1. The number of nitrogens with one attached hydrogen (secondary N) is 3. The molecule has 4 aromatic rings. The minimum Gasteiger partial charge on any atom is -0.349 e. The molecule has 0 radical (unpaired) electrons. The predicted octanol–water partition coefficient (Wildman–Crippen LogP) is 2.56. The first-order chi connectivity index (χ1) is 15.2. The molecular weight excluding hydrogens is 394 g/mol. The Morgan fingerprint density at radius 2 is 1.68 bits per heavy atom. The van der Waals surface area contributed by atoms with Crippen LogP contribution in [0.3, 0.4) is 0 Å². The largest absolute Gasteiger partial charge is 0.349 e. The zero-order valence-electron chi connectivity index (χ0n) is 16.7. The summed E-state index contributed by atoms with van der Waals surface area (Å²) in [5, 5.41) is 25.5. The van der Waals surface area contributed by atoms with Crippen molar-refractivity contribution in [3.8, 4) is 11.4 Å². The molecule has 3 N–H and O–H groups in total. The van der Waals surface area contributed by atoms with Gasteiger partial charge in [0.2, 0.25) is 5.82 Å².